The number of rotatable bonds is 6. The minimum atomic E-state index is -0.795. The van der Waals surface area contributed by atoms with Gasteiger partial charge >= 0.3 is 5.97 Å². The molecular formula is C19H26O5. The van der Waals surface area contributed by atoms with E-state index in [1.54, 1.807) is 13.8 Å². The van der Waals surface area contributed by atoms with E-state index in [1.165, 1.54) is 7.11 Å². The molecule has 0 spiro atoms. The molecule has 5 heteroatoms. The average molecular weight is 334 g/mol. The molecule has 2 rings (SSSR count). The maximum absolute atomic E-state index is 12.0. The molecule has 0 radical (unpaired) electrons. The van der Waals surface area contributed by atoms with E-state index in [0.29, 0.717) is 32.5 Å². The summed E-state index contributed by atoms with van der Waals surface area (Å²) in [7, 11) is 1.37. The fourth-order valence-corrected chi connectivity index (χ4v) is 2.90. The summed E-state index contributed by atoms with van der Waals surface area (Å²) in [6, 6.07) is 9.85. The van der Waals surface area contributed by atoms with E-state index in [-0.39, 0.29) is 24.0 Å². The Bertz CT molecular complexity index is 552. The SMILES string of the molecule is COC(=O)C(C)(C)[C@@H]1CCC(=O)C[C@@H](COCc2ccccc2)O1. The quantitative estimate of drug-likeness (QED) is 0.749. The van der Waals surface area contributed by atoms with Gasteiger partial charge in [0.2, 0.25) is 0 Å². The number of ether oxygens (including phenoxy) is 3. The molecule has 1 fully saturated rings. The third-order valence-corrected chi connectivity index (χ3v) is 4.43. The van der Waals surface area contributed by atoms with Gasteiger partial charge in [0.15, 0.2) is 0 Å². The zero-order valence-corrected chi connectivity index (χ0v) is 14.6. The van der Waals surface area contributed by atoms with Gasteiger partial charge in [-0.05, 0) is 25.8 Å². The lowest BCUT2D eigenvalue weighted by atomic mass is 9.84. The molecule has 1 aliphatic heterocycles. The number of hydrogen-bond acceptors (Lipinski definition) is 5. The van der Waals surface area contributed by atoms with E-state index < -0.39 is 5.41 Å². The number of methoxy groups -OCH3 is 1. The Morgan fingerprint density at radius 3 is 2.67 bits per heavy atom. The highest BCUT2D eigenvalue weighted by Gasteiger charge is 2.41. The fourth-order valence-electron chi connectivity index (χ4n) is 2.90. The van der Waals surface area contributed by atoms with Crippen LogP contribution in [0.4, 0.5) is 0 Å². The molecule has 0 amide bonds. The lowest BCUT2D eigenvalue weighted by molar-refractivity contribution is -0.166. The Kier molecular flexibility index (Phi) is 6.52. The van der Waals surface area contributed by atoms with Crippen molar-refractivity contribution in [1.82, 2.24) is 0 Å². The second-order valence-electron chi connectivity index (χ2n) is 6.74. The van der Waals surface area contributed by atoms with Crippen molar-refractivity contribution in [3.63, 3.8) is 0 Å². The minimum Gasteiger partial charge on any atom is -0.469 e. The van der Waals surface area contributed by atoms with Crippen LogP contribution >= 0.6 is 0 Å². The lowest BCUT2D eigenvalue weighted by Crippen LogP contribution is -2.41. The van der Waals surface area contributed by atoms with Gasteiger partial charge in [0.25, 0.3) is 0 Å². The van der Waals surface area contributed by atoms with Crippen LogP contribution in [0, 0.1) is 5.41 Å². The molecule has 1 aromatic rings. The number of Topliss-reactive ketones (excluding diaryl/α,β-unsaturated/α-hetero) is 1. The first kappa shape index (κ1) is 18.6. The topological polar surface area (TPSA) is 61.8 Å². The van der Waals surface area contributed by atoms with Gasteiger partial charge in [-0.1, -0.05) is 30.3 Å². The smallest absolute Gasteiger partial charge is 0.313 e. The average Bonchev–Trinajstić information content (AvgIpc) is 2.77. The van der Waals surface area contributed by atoms with Crippen molar-refractivity contribution in [3.8, 4) is 0 Å². The molecule has 132 valence electrons. The van der Waals surface area contributed by atoms with E-state index in [2.05, 4.69) is 0 Å². The maximum atomic E-state index is 12.0. The lowest BCUT2D eigenvalue weighted by Gasteiger charge is -2.32. The van der Waals surface area contributed by atoms with Gasteiger partial charge in [-0.2, -0.15) is 0 Å². The molecule has 1 aromatic carbocycles. The zero-order chi connectivity index (χ0) is 17.6. The fraction of sp³-hybridized carbons (Fsp3) is 0.579. The van der Waals surface area contributed by atoms with Crippen LogP contribution in [0.25, 0.3) is 0 Å². The molecule has 0 saturated carbocycles. The highest BCUT2D eigenvalue weighted by Crippen LogP contribution is 2.32. The van der Waals surface area contributed by atoms with E-state index in [1.807, 2.05) is 30.3 Å². The summed E-state index contributed by atoms with van der Waals surface area (Å²) >= 11 is 0. The van der Waals surface area contributed by atoms with Crippen molar-refractivity contribution in [2.75, 3.05) is 13.7 Å². The highest BCUT2D eigenvalue weighted by atomic mass is 16.5. The Labute approximate surface area is 143 Å². The number of esters is 1. The molecule has 1 heterocycles. The van der Waals surface area contributed by atoms with Crippen LogP contribution in [0.5, 0.6) is 0 Å². The Balaban J connectivity index is 1.95. The molecule has 2 atom stereocenters. The summed E-state index contributed by atoms with van der Waals surface area (Å²) in [6.45, 7) is 4.39. The van der Waals surface area contributed by atoms with Crippen molar-refractivity contribution in [2.24, 2.45) is 5.41 Å². The minimum absolute atomic E-state index is 0.145. The molecule has 1 saturated heterocycles. The summed E-state index contributed by atoms with van der Waals surface area (Å²) in [4.78, 5) is 24.0. The first-order valence-electron chi connectivity index (χ1n) is 8.30. The first-order chi connectivity index (χ1) is 11.4. The number of ketones is 1. The predicted molar refractivity (Wildman–Crippen MR) is 89.4 cm³/mol. The highest BCUT2D eigenvalue weighted by molar-refractivity contribution is 5.80. The molecule has 0 unspecified atom stereocenters. The third kappa shape index (κ3) is 4.89. The zero-order valence-electron chi connectivity index (χ0n) is 14.6. The molecule has 1 aliphatic rings. The first-order valence-corrected chi connectivity index (χ1v) is 8.30. The van der Waals surface area contributed by atoms with Crippen LogP contribution < -0.4 is 0 Å². The van der Waals surface area contributed by atoms with Gasteiger partial charge in [0, 0.05) is 12.8 Å². The van der Waals surface area contributed by atoms with E-state index in [9.17, 15) is 9.59 Å². The van der Waals surface area contributed by atoms with Crippen molar-refractivity contribution < 1.29 is 23.8 Å². The summed E-state index contributed by atoms with van der Waals surface area (Å²) in [5.41, 5.74) is 0.278. The Hall–Kier alpha value is -1.72. The van der Waals surface area contributed by atoms with Gasteiger partial charge in [-0.25, -0.2) is 0 Å². The predicted octanol–water partition coefficient (Wildman–Crippen LogP) is 2.91. The molecule has 0 N–H and O–H groups in total. The third-order valence-electron chi connectivity index (χ3n) is 4.43. The molecule has 0 aromatic heterocycles. The molecule has 5 nitrogen and oxygen atoms in total. The molecule has 24 heavy (non-hydrogen) atoms. The Morgan fingerprint density at radius 1 is 1.29 bits per heavy atom. The van der Waals surface area contributed by atoms with Gasteiger partial charge in [-0.3, -0.25) is 9.59 Å². The largest absolute Gasteiger partial charge is 0.469 e. The summed E-state index contributed by atoms with van der Waals surface area (Å²) in [5, 5.41) is 0. The maximum Gasteiger partial charge on any atom is 0.313 e. The second kappa shape index (κ2) is 8.40. The van der Waals surface area contributed by atoms with Crippen molar-refractivity contribution in [3.05, 3.63) is 35.9 Å². The standard InChI is InChI=1S/C19H26O5/c1-19(2,18(21)22-3)17-10-9-15(20)11-16(24-17)13-23-12-14-7-5-4-6-8-14/h4-8,16-17H,9-13H2,1-3H3/t16-,17-/m0/s1. The van der Waals surface area contributed by atoms with E-state index in [4.69, 9.17) is 14.2 Å². The van der Waals surface area contributed by atoms with Crippen molar-refractivity contribution >= 4 is 11.8 Å². The monoisotopic (exact) mass is 334 g/mol. The van der Waals surface area contributed by atoms with E-state index in [0.717, 1.165) is 5.56 Å². The van der Waals surface area contributed by atoms with Gasteiger partial charge in [-0.15, -0.1) is 0 Å². The summed E-state index contributed by atoms with van der Waals surface area (Å²) in [6.07, 6.45) is 0.568. The van der Waals surface area contributed by atoms with Crippen LogP contribution in [0.2, 0.25) is 0 Å². The summed E-state index contributed by atoms with van der Waals surface area (Å²) < 4.78 is 16.7. The van der Waals surface area contributed by atoms with Gasteiger partial charge in [0.05, 0.1) is 37.9 Å². The van der Waals surface area contributed by atoms with Gasteiger partial charge < -0.3 is 14.2 Å². The van der Waals surface area contributed by atoms with Crippen LogP contribution in [0.3, 0.4) is 0 Å². The molecule has 0 bridgehead atoms. The van der Waals surface area contributed by atoms with Crippen LogP contribution in [0.15, 0.2) is 30.3 Å². The van der Waals surface area contributed by atoms with Gasteiger partial charge in [0.1, 0.15) is 5.78 Å². The number of carbonyl (C=O) groups is 2. The van der Waals surface area contributed by atoms with Crippen molar-refractivity contribution in [2.45, 2.75) is 51.9 Å². The number of benzene rings is 1. The van der Waals surface area contributed by atoms with Crippen molar-refractivity contribution in [1.29, 1.82) is 0 Å². The molecule has 0 aliphatic carbocycles. The molecular weight excluding hydrogens is 308 g/mol. The Morgan fingerprint density at radius 2 is 2.00 bits per heavy atom. The second-order valence-corrected chi connectivity index (χ2v) is 6.74. The van der Waals surface area contributed by atoms with Crippen LogP contribution in [-0.2, 0) is 30.4 Å². The number of carbonyl (C=O) groups excluding carboxylic acids is 2. The normalized spacial score (nSPS) is 22.0. The van der Waals surface area contributed by atoms with Crippen LogP contribution in [-0.4, -0.2) is 37.7 Å². The van der Waals surface area contributed by atoms with E-state index >= 15 is 0 Å². The number of hydrogen-bond donors (Lipinski definition) is 0. The van der Waals surface area contributed by atoms with Crippen LogP contribution in [0.1, 0.15) is 38.7 Å². The summed E-state index contributed by atoms with van der Waals surface area (Å²) in [5.74, 6) is -0.183.